The molecule has 0 fully saturated rings. The molecule has 0 aromatic heterocycles. The molecule has 2 rings (SSSR count). The zero-order chi connectivity index (χ0) is 15.9. The lowest BCUT2D eigenvalue weighted by Crippen LogP contribution is -2.33. The van der Waals surface area contributed by atoms with E-state index in [0.29, 0.717) is 26.2 Å². The van der Waals surface area contributed by atoms with Gasteiger partial charge in [0.2, 0.25) is 0 Å². The van der Waals surface area contributed by atoms with Crippen LogP contribution in [0.4, 0.5) is 0 Å². The molecule has 1 heterocycles. The van der Waals surface area contributed by atoms with Gasteiger partial charge in [-0.1, -0.05) is 0 Å². The Bertz CT molecular complexity index is 452. The van der Waals surface area contributed by atoms with Gasteiger partial charge in [0.05, 0.1) is 32.3 Å². The number of carbonyl (C=O) groups is 4. The van der Waals surface area contributed by atoms with Crippen molar-refractivity contribution < 1.29 is 28.7 Å². The van der Waals surface area contributed by atoms with Gasteiger partial charge in [-0.25, -0.2) is 0 Å². The van der Waals surface area contributed by atoms with Gasteiger partial charge in [-0.2, -0.15) is 0 Å². The van der Waals surface area contributed by atoms with Crippen LogP contribution in [-0.2, 0) is 28.7 Å². The molecule has 0 atom stereocenters. The van der Waals surface area contributed by atoms with E-state index in [-0.39, 0.29) is 36.5 Å². The smallest absolute Gasteiger partial charge is 0.253 e. The second-order valence-corrected chi connectivity index (χ2v) is 4.87. The van der Waals surface area contributed by atoms with Gasteiger partial charge in [0, 0.05) is 18.8 Å². The van der Waals surface area contributed by atoms with Gasteiger partial charge in [-0.05, 0) is 18.6 Å². The highest BCUT2D eigenvalue weighted by atomic mass is 16.5. The highest BCUT2D eigenvalue weighted by Gasteiger charge is 2.27. The number of carbonyl (C=O) groups excluding carboxylic acids is 4. The second-order valence-electron chi connectivity index (χ2n) is 4.87. The average Bonchev–Trinajstić information content (AvgIpc) is 2.98. The molecule has 2 amide bonds. The molecule has 0 saturated heterocycles. The molecule has 22 heavy (non-hydrogen) atoms. The maximum absolute atomic E-state index is 11.3. The Labute approximate surface area is 127 Å². The Morgan fingerprint density at radius 2 is 1.32 bits per heavy atom. The lowest BCUT2D eigenvalue weighted by atomic mass is 10.0. The molecule has 0 saturated carbocycles. The summed E-state index contributed by atoms with van der Waals surface area (Å²) in [5, 5.41) is 0. The van der Waals surface area contributed by atoms with Gasteiger partial charge in [0.1, 0.15) is 0 Å². The molecule has 0 aromatic rings. The maximum Gasteiger partial charge on any atom is 0.253 e. The van der Waals surface area contributed by atoms with Crippen LogP contribution < -0.4 is 0 Å². The van der Waals surface area contributed by atoms with Gasteiger partial charge < -0.3 is 9.47 Å². The summed E-state index contributed by atoms with van der Waals surface area (Å²) < 4.78 is 10.6. The Hall–Kier alpha value is -2.12. The fraction of sp³-hybridized carbons (Fsp3) is 0.467. The largest absolute Gasteiger partial charge is 0.379 e. The molecular weight excluding hydrogens is 290 g/mol. The molecule has 7 heteroatoms. The Morgan fingerprint density at radius 3 is 1.91 bits per heavy atom. The van der Waals surface area contributed by atoms with Crippen LogP contribution in [0.15, 0.2) is 24.3 Å². The van der Waals surface area contributed by atoms with Gasteiger partial charge in [0.15, 0.2) is 11.6 Å². The quantitative estimate of drug-likeness (QED) is 0.329. The molecular formula is C15H17NO6. The standard InChI is InChI=1S/C15H17NO6/c17-12-1-2-13(18)11(12)5-7-21-9-10-22-8-6-16-14(19)3-4-15(16)20/h1-4,11H,5-10H2. The normalized spacial score (nSPS) is 18.3. The number of nitrogens with zero attached hydrogens (tertiary/aromatic N) is 1. The van der Waals surface area contributed by atoms with Crippen molar-refractivity contribution in [1.82, 2.24) is 4.90 Å². The Kier molecular flexibility index (Phi) is 5.74. The van der Waals surface area contributed by atoms with E-state index in [2.05, 4.69) is 0 Å². The minimum atomic E-state index is -0.597. The van der Waals surface area contributed by atoms with E-state index in [1.807, 2.05) is 0 Å². The van der Waals surface area contributed by atoms with E-state index < -0.39 is 5.92 Å². The topological polar surface area (TPSA) is 90.0 Å². The highest BCUT2D eigenvalue weighted by molar-refractivity contribution is 6.18. The Morgan fingerprint density at radius 1 is 0.773 bits per heavy atom. The summed E-state index contributed by atoms with van der Waals surface area (Å²) in [6, 6.07) is 0. The number of rotatable bonds is 9. The molecule has 2 aliphatic rings. The minimum absolute atomic E-state index is 0.168. The van der Waals surface area contributed by atoms with E-state index in [4.69, 9.17) is 9.47 Å². The molecule has 1 aliphatic heterocycles. The van der Waals surface area contributed by atoms with Crippen molar-refractivity contribution in [3.63, 3.8) is 0 Å². The molecule has 0 N–H and O–H groups in total. The first kappa shape index (κ1) is 16.3. The van der Waals surface area contributed by atoms with E-state index in [0.717, 1.165) is 4.90 Å². The SMILES string of the molecule is O=C1C=CC(=O)C1CCOCCOCCN1C(=O)C=CC1=O. The molecule has 0 radical (unpaired) electrons. The first-order chi connectivity index (χ1) is 10.6. The van der Waals surface area contributed by atoms with Crippen LogP contribution >= 0.6 is 0 Å². The maximum atomic E-state index is 11.3. The van der Waals surface area contributed by atoms with Crippen LogP contribution in [0.5, 0.6) is 0 Å². The number of imide groups is 1. The second kappa shape index (κ2) is 7.77. The molecule has 7 nitrogen and oxygen atoms in total. The molecule has 118 valence electrons. The van der Waals surface area contributed by atoms with Crippen LogP contribution in [0.25, 0.3) is 0 Å². The summed E-state index contributed by atoms with van der Waals surface area (Å²) in [5.74, 6) is -1.59. The lowest BCUT2D eigenvalue weighted by Gasteiger charge is -2.13. The van der Waals surface area contributed by atoms with Crippen LogP contribution in [-0.4, -0.2) is 61.3 Å². The number of allylic oxidation sites excluding steroid dienone is 2. The molecule has 0 bridgehead atoms. The van der Waals surface area contributed by atoms with E-state index in [1.54, 1.807) is 0 Å². The molecule has 0 aromatic carbocycles. The predicted molar refractivity (Wildman–Crippen MR) is 74.8 cm³/mol. The summed E-state index contributed by atoms with van der Waals surface area (Å²) in [7, 11) is 0. The average molecular weight is 307 g/mol. The third kappa shape index (κ3) is 4.19. The predicted octanol–water partition coefficient (Wildman–Crippen LogP) is -0.341. The van der Waals surface area contributed by atoms with Gasteiger partial charge >= 0.3 is 0 Å². The van der Waals surface area contributed by atoms with Gasteiger partial charge in [0.25, 0.3) is 11.8 Å². The number of hydrogen-bond donors (Lipinski definition) is 0. The van der Waals surface area contributed by atoms with Crippen molar-refractivity contribution >= 4 is 23.4 Å². The van der Waals surface area contributed by atoms with E-state index >= 15 is 0 Å². The van der Waals surface area contributed by atoms with Gasteiger partial charge in [-0.15, -0.1) is 0 Å². The van der Waals surface area contributed by atoms with Crippen molar-refractivity contribution in [1.29, 1.82) is 0 Å². The minimum Gasteiger partial charge on any atom is -0.379 e. The van der Waals surface area contributed by atoms with Gasteiger partial charge in [-0.3, -0.25) is 24.1 Å². The number of hydrogen-bond acceptors (Lipinski definition) is 6. The number of ketones is 2. The lowest BCUT2D eigenvalue weighted by molar-refractivity contribution is -0.138. The summed E-state index contributed by atoms with van der Waals surface area (Å²) in [6.45, 7) is 1.39. The van der Waals surface area contributed by atoms with Crippen molar-refractivity contribution in [2.24, 2.45) is 5.92 Å². The fourth-order valence-electron chi connectivity index (χ4n) is 2.15. The summed E-state index contributed by atoms with van der Waals surface area (Å²) in [5.41, 5.74) is 0. The monoisotopic (exact) mass is 307 g/mol. The summed E-state index contributed by atoms with van der Waals surface area (Å²) in [4.78, 5) is 46.2. The van der Waals surface area contributed by atoms with E-state index in [1.165, 1.54) is 24.3 Å². The third-order valence-corrected chi connectivity index (χ3v) is 3.38. The highest BCUT2D eigenvalue weighted by Crippen LogP contribution is 2.14. The first-order valence-corrected chi connectivity index (χ1v) is 7.04. The van der Waals surface area contributed by atoms with Crippen molar-refractivity contribution in [3.05, 3.63) is 24.3 Å². The van der Waals surface area contributed by atoms with Crippen LogP contribution in [0.1, 0.15) is 6.42 Å². The first-order valence-electron chi connectivity index (χ1n) is 7.04. The summed E-state index contributed by atoms with van der Waals surface area (Å²) >= 11 is 0. The molecule has 1 aliphatic carbocycles. The van der Waals surface area contributed by atoms with Crippen LogP contribution in [0.3, 0.4) is 0 Å². The van der Waals surface area contributed by atoms with Crippen molar-refractivity contribution in [2.45, 2.75) is 6.42 Å². The van der Waals surface area contributed by atoms with E-state index in [9.17, 15) is 19.2 Å². The van der Waals surface area contributed by atoms with Crippen molar-refractivity contribution in [3.8, 4) is 0 Å². The zero-order valence-electron chi connectivity index (χ0n) is 12.0. The molecule has 0 spiro atoms. The third-order valence-electron chi connectivity index (χ3n) is 3.38. The van der Waals surface area contributed by atoms with Crippen molar-refractivity contribution in [2.75, 3.05) is 33.0 Å². The van der Waals surface area contributed by atoms with Crippen LogP contribution in [0.2, 0.25) is 0 Å². The fourth-order valence-corrected chi connectivity index (χ4v) is 2.15. The zero-order valence-corrected chi connectivity index (χ0v) is 12.0. The van der Waals surface area contributed by atoms with Crippen LogP contribution in [0, 0.1) is 5.92 Å². The number of ether oxygens (including phenoxy) is 2. The number of amides is 2. The Balaban J connectivity index is 1.47. The molecule has 0 unspecified atom stereocenters. The summed E-state index contributed by atoms with van der Waals surface area (Å²) in [6.07, 6.45) is 5.42.